The average Bonchev–Trinajstić information content (AvgIpc) is 2.18. The van der Waals surface area contributed by atoms with Crippen molar-refractivity contribution in [3.05, 3.63) is 35.9 Å². The monoisotopic (exact) mass is 191 g/mol. The molecule has 0 N–H and O–H groups in total. The molecule has 0 aliphatic heterocycles. The van der Waals surface area contributed by atoms with Crippen LogP contribution in [-0.2, 0) is 11.3 Å². The van der Waals surface area contributed by atoms with Crippen LogP contribution in [0, 0.1) is 5.92 Å². The third kappa shape index (κ3) is 4.65. The molecular weight excluding hydrogens is 174 g/mol. The summed E-state index contributed by atoms with van der Waals surface area (Å²) in [6, 6.07) is 10.3. The topological polar surface area (TPSA) is 21.6 Å². The summed E-state index contributed by atoms with van der Waals surface area (Å²) in [5.41, 5.74) is 1.28. The Balaban J connectivity index is 2.16. The van der Waals surface area contributed by atoms with Gasteiger partial charge in [0.25, 0.3) is 0 Å². The molecule has 0 heterocycles. The van der Waals surface area contributed by atoms with Gasteiger partial charge in [0.2, 0.25) is 0 Å². The molecule has 0 radical (unpaired) electrons. The van der Waals surface area contributed by atoms with Gasteiger partial charge in [-0.2, -0.15) is 0 Å². The minimum absolute atomic E-state index is 0.451. The van der Waals surface area contributed by atoms with Gasteiger partial charge in [-0.05, 0) is 11.5 Å². The lowest BCUT2D eigenvalue weighted by molar-refractivity contribution is 0.148. The van der Waals surface area contributed by atoms with Gasteiger partial charge in [-0.25, -0.2) is 0 Å². The molecule has 0 amide bonds. The van der Waals surface area contributed by atoms with Gasteiger partial charge < -0.3 is 4.84 Å². The van der Waals surface area contributed by atoms with E-state index in [0.29, 0.717) is 12.5 Å². The van der Waals surface area contributed by atoms with Gasteiger partial charge in [0, 0.05) is 12.6 Å². The molecule has 1 aromatic carbocycles. The molecule has 1 rings (SSSR count). The van der Waals surface area contributed by atoms with Crippen molar-refractivity contribution in [1.82, 2.24) is 0 Å². The summed E-state index contributed by atoms with van der Waals surface area (Å²) in [5.74, 6) is 0.451. The van der Waals surface area contributed by atoms with Crippen molar-refractivity contribution < 1.29 is 4.84 Å². The van der Waals surface area contributed by atoms with E-state index in [-0.39, 0.29) is 0 Å². The molecule has 0 saturated heterocycles. The lowest BCUT2D eigenvalue weighted by Gasteiger charge is -2.00. The number of hydrogen-bond donors (Lipinski definition) is 0. The van der Waals surface area contributed by atoms with Crippen LogP contribution in [0.4, 0.5) is 0 Å². The third-order valence-electron chi connectivity index (χ3n) is 1.76. The van der Waals surface area contributed by atoms with Crippen molar-refractivity contribution in [3.8, 4) is 0 Å². The summed E-state index contributed by atoms with van der Waals surface area (Å²) in [4.78, 5) is 5.12. The molecule has 2 heteroatoms. The van der Waals surface area contributed by atoms with E-state index < -0.39 is 0 Å². The van der Waals surface area contributed by atoms with Gasteiger partial charge in [-0.1, -0.05) is 49.3 Å². The van der Waals surface area contributed by atoms with Crippen molar-refractivity contribution in [1.29, 1.82) is 0 Å². The zero-order valence-corrected chi connectivity index (χ0v) is 8.81. The predicted molar refractivity (Wildman–Crippen MR) is 59.4 cm³/mol. The average molecular weight is 191 g/mol. The van der Waals surface area contributed by atoms with Crippen molar-refractivity contribution in [2.24, 2.45) is 11.1 Å². The second-order valence-corrected chi connectivity index (χ2v) is 3.57. The Labute approximate surface area is 85.6 Å². The third-order valence-corrected chi connectivity index (χ3v) is 1.76. The highest BCUT2D eigenvalue weighted by Gasteiger charge is 1.90. The van der Waals surface area contributed by atoms with E-state index in [4.69, 9.17) is 4.84 Å². The van der Waals surface area contributed by atoms with E-state index in [1.165, 1.54) is 5.56 Å². The van der Waals surface area contributed by atoms with Gasteiger partial charge in [0.15, 0.2) is 0 Å². The first-order valence-corrected chi connectivity index (χ1v) is 4.98. The van der Waals surface area contributed by atoms with Crippen LogP contribution in [0.2, 0.25) is 0 Å². The zero-order chi connectivity index (χ0) is 10.2. The van der Waals surface area contributed by atoms with Crippen LogP contribution in [0.15, 0.2) is 35.5 Å². The van der Waals surface area contributed by atoms with Crippen molar-refractivity contribution in [2.45, 2.75) is 20.3 Å². The Bertz CT molecular complexity index is 267. The van der Waals surface area contributed by atoms with Crippen LogP contribution < -0.4 is 0 Å². The number of rotatable bonds is 5. The first-order valence-electron chi connectivity index (χ1n) is 4.98. The second-order valence-electron chi connectivity index (χ2n) is 3.57. The molecule has 2 nitrogen and oxygen atoms in total. The normalized spacial score (nSPS) is 11.1. The molecule has 0 atom stereocenters. The van der Waals surface area contributed by atoms with E-state index >= 15 is 0 Å². The van der Waals surface area contributed by atoms with Crippen LogP contribution >= 0.6 is 0 Å². The predicted octanol–water partition coefficient (Wildman–Crippen LogP) is 2.89. The Kier molecular flexibility index (Phi) is 4.76. The van der Waals surface area contributed by atoms with E-state index in [0.717, 1.165) is 6.42 Å². The Morgan fingerprint density at radius 3 is 2.64 bits per heavy atom. The number of oxime groups is 1. The van der Waals surface area contributed by atoms with E-state index in [1.54, 1.807) is 0 Å². The van der Waals surface area contributed by atoms with Crippen molar-refractivity contribution in [3.63, 3.8) is 0 Å². The van der Waals surface area contributed by atoms with Crippen LogP contribution in [0.25, 0.3) is 0 Å². The van der Waals surface area contributed by atoms with Crippen LogP contribution in [0.3, 0.4) is 0 Å². The number of benzene rings is 1. The van der Waals surface area contributed by atoms with Crippen LogP contribution in [-0.4, -0.2) is 12.8 Å². The zero-order valence-electron chi connectivity index (χ0n) is 8.81. The highest BCUT2D eigenvalue weighted by molar-refractivity contribution is 5.58. The standard InChI is InChI=1S/C12H17NO/c1-11(2)10-13-14-9-8-12-6-4-3-5-7-12/h3-7,10-11H,8-9H2,1-2H3. The highest BCUT2D eigenvalue weighted by Crippen LogP contribution is 1.99. The van der Waals surface area contributed by atoms with Gasteiger partial charge in [-0.15, -0.1) is 0 Å². The summed E-state index contributed by atoms with van der Waals surface area (Å²) in [7, 11) is 0. The van der Waals surface area contributed by atoms with Gasteiger partial charge in [0.1, 0.15) is 6.61 Å². The first-order chi connectivity index (χ1) is 6.79. The maximum Gasteiger partial charge on any atom is 0.121 e. The van der Waals surface area contributed by atoms with Crippen LogP contribution in [0.5, 0.6) is 0 Å². The Morgan fingerprint density at radius 1 is 1.29 bits per heavy atom. The molecule has 14 heavy (non-hydrogen) atoms. The lowest BCUT2D eigenvalue weighted by Crippen LogP contribution is -1.95. The fraction of sp³-hybridized carbons (Fsp3) is 0.417. The van der Waals surface area contributed by atoms with Gasteiger partial charge >= 0.3 is 0 Å². The molecule has 0 saturated carbocycles. The molecule has 0 bridgehead atoms. The molecule has 0 fully saturated rings. The van der Waals surface area contributed by atoms with E-state index in [1.807, 2.05) is 24.4 Å². The molecule has 0 aliphatic rings. The minimum atomic E-state index is 0.451. The molecule has 0 spiro atoms. The first kappa shape index (κ1) is 10.8. The van der Waals surface area contributed by atoms with Gasteiger partial charge in [0.05, 0.1) is 0 Å². The van der Waals surface area contributed by atoms with E-state index in [2.05, 4.69) is 31.1 Å². The van der Waals surface area contributed by atoms with Crippen LogP contribution in [0.1, 0.15) is 19.4 Å². The summed E-state index contributed by atoms with van der Waals surface area (Å²) >= 11 is 0. The lowest BCUT2D eigenvalue weighted by atomic mass is 10.2. The SMILES string of the molecule is CC(C)C=NOCCc1ccccc1. The summed E-state index contributed by atoms with van der Waals surface area (Å²) in [6.07, 6.45) is 2.72. The fourth-order valence-electron chi connectivity index (χ4n) is 1.03. The smallest absolute Gasteiger partial charge is 0.121 e. The molecule has 76 valence electrons. The maximum atomic E-state index is 5.12. The Morgan fingerprint density at radius 2 is 2.00 bits per heavy atom. The molecule has 0 unspecified atom stereocenters. The van der Waals surface area contributed by atoms with E-state index in [9.17, 15) is 0 Å². The van der Waals surface area contributed by atoms with Crippen molar-refractivity contribution >= 4 is 6.21 Å². The number of hydrogen-bond acceptors (Lipinski definition) is 2. The Hall–Kier alpha value is -1.31. The largest absolute Gasteiger partial charge is 0.396 e. The molecule has 0 aliphatic carbocycles. The highest BCUT2D eigenvalue weighted by atomic mass is 16.6. The number of nitrogens with zero attached hydrogens (tertiary/aromatic N) is 1. The summed E-state index contributed by atoms with van der Waals surface area (Å²) in [5, 5.41) is 3.86. The molecule has 0 aromatic heterocycles. The summed E-state index contributed by atoms with van der Waals surface area (Å²) in [6.45, 7) is 4.79. The van der Waals surface area contributed by atoms with Gasteiger partial charge in [-0.3, -0.25) is 0 Å². The quantitative estimate of drug-likeness (QED) is 0.398. The molecule has 1 aromatic rings. The summed E-state index contributed by atoms with van der Waals surface area (Å²) < 4.78 is 0. The van der Waals surface area contributed by atoms with Crippen molar-refractivity contribution in [2.75, 3.05) is 6.61 Å². The fourth-order valence-corrected chi connectivity index (χ4v) is 1.03. The maximum absolute atomic E-state index is 5.12. The molecular formula is C12H17NO. The second kappa shape index (κ2) is 6.19. The minimum Gasteiger partial charge on any atom is -0.396 e.